The SMILES string of the molecule is CCNCc1c(C)nc(CSCC(C)C)nc1C. The van der Waals surface area contributed by atoms with Crippen LogP contribution >= 0.6 is 11.8 Å². The van der Waals surface area contributed by atoms with Gasteiger partial charge in [0.05, 0.1) is 5.75 Å². The van der Waals surface area contributed by atoms with Crippen molar-refractivity contribution in [3.8, 4) is 0 Å². The highest BCUT2D eigenvalue weighted by molar-refractivity contribution is 7.98. The minimum atomic E-state index is 0.727. The number of aromatic nitrogens is 2. The second-order valence-electron chi connectivity index (χ2n) is 4.98. The normalized spacial score (nSPS) is 11.2. The zero-order chi connectivity index (χ0) is 13.5. The van der Waals surface area contributed by atoms with Crippen LogP contribution in [0.4, 0.5) is 0 Å². The second-order valence-corrected chi connectivity index (χ2v) is 6.01. The molecule has 3 nitrogen and oxygen atoms in total. The van der Waals surface area contributed by atoms with Crippen LogP contribution in [0.15, 0.2) is 0 Å². The molecule has 0 unspecified atom stereocenters. The molecule has 1 aromatic rings. The van der Waals surface area contributed by atoms with Gasteiger partial charge in [-0.1, -0.05) is 20.8 Å². The van der Waals surface area contributed by atoms with E-state index < -0.39 is 0 Å². The predicted molar refractivity (Wildman–Crippen MR) is 79.9 cm³/mol. The summed E-state index contributed by atoms with van der Waals surface area (Å²) in [5.41, 5.74) is 3.47. The Kier molecular flexibility index (Phi) is 6.65. The number of aryl methyl sites for hydroxylation is 2. The van der Waals surface area contributed by atoms with E-state index in [1.165, 1.54) is 11.3 Å². The topological polar surface area (TPSA) is 37.8 Å². The molecule has 1 heterocycles. The van der Waals surface area contributed by atoms with Gasteiger partial charge < -0.3 is 5.32 Å². The molecule has 1 rings (SSSR count). The lowest BCUT2D eigenvalue weighted by atomic mass is 10.1. The van der Waals surface area contributed by atoms with E-state index in [0.29, 0.717) is 0 Å². The molecule has 0 radical (unpaired) electrons. The summed E-state index contributed by atoms with van der Waals surface area (Å²) in [6.45, 7) is 12.6. The minimum Gasteiger partial charge on any atom is -0.313 e. The average Bonchev–Trinajstić information content (AvgIpc) is 2.27. The fourth-order valence-corrected chi connectivity index (χ4v) is 2.67. The first-order valence-corrected chi connectivity index (χ1v) is 7.81. The average molecular weight is 267 g/mol. The highest BCUT2D eigenvalue weighted by atomic mass is 32.2. The van der Waals surface area contributed by atoms with E-state index in [9.17, 15) is 0 Å². The van der Waals surface area contributed by atoms with Gasteiger partial charge in [-0.15, -0.1) is 0 Å². The predicted octanol–water partition coefficient (Wildman–Crippen LogP) is 3.09. The summed E-state index contributed by atoms with van der Waals surface area (Å²) < 4.78 is 0. The van der Waals surface area contributed by atoms with E-state index in [1.807, 2.05) is 11.8 Å². The maximum atomic E-state index is 4.61. The molecule has 0 aliphatic rings. The van der Waals surface area contributed by atoms with Crippen LogP contribution in [0, 0.1) is 19.8 Å². The minimum absolute atomic E-state index is 0.727. The quantitative estimate of drug-likeness (QED) is 0.824. The van der Waals surface area contributed by atoms with Crippen LogP contribution in [0.5, 0.6) is 0 Å². The fraction of sp³-hybridized carbons (Fsp3) is 0.714. The molecule has 0 aliphatic heterocycles. The molecule has 1 aromatic heterocycles. The van der Waals surface area contributed by atoms with Crippen molar-refractivity contribution in [2.45, 2.75) is 46.9 Å². The van der Waals surface area contributed by atoms with Crippen molar-refractivity contribution >= 4 is 11.8 Å². The van der Waals surface area contributed by atoms with Gasteiger partial charge in [-0.3, -0.25) is 0 Å². The molecule has 0 aliphatic carbocycles. The lowest BCUT2D eigenvalue weighted by Crippen LogP contribution is -2.16. The first-order chi connectivity index (χ1) is 8.54. The highest BCUT2D eigenvalue weighted by Crippen LogP contribution is 2.16. The van der Waals surface area contributed by atoms with Crippen LogP contribution in [0.2, 0.25) is 0 Å². The van der Waals surface area contributed by atoms with Crippen LogP contribution < -0.4 is 5.32 Å². The number of nitrogens with zero attached hydrogens (tertiary/aromatic N) is 2. The molecule has 0 saturated heterocycles. The van der Waals surface area contributed by atoms with Crippen LogP contribution in [-0.4, -0.2) is 22.3 Å². The third kappa shape index (κ3) is 4.94. The first kappa shape index (κ1) is 15.4. The summed E-state index contributed by atoms with van der Waals surface area (Å²) in [7, 11) is 0. The van der Waals surface area contributed by atoms with Gasteiger partial charge in [0.25, 0.3) is 0 Å². The van der Waals surface area contributed by atoms with Gasteiger partial charge in [0, 0.05) is 23.5 Å². The molecule has 0 aromatic carbocycles. The Morgan fingerprint density at radius 3 is 2.28 bits per heavy atom. The van der Waals surface area contributed by atoms with Crippen molar-refractivity contribution in [3.05, 3.63) is 22.8 Å². The Morgan fingerprint density at radius 1 is 1.17 bits per heavy atom. The third-order valence-corrected chi connectivity index (χ3v) is 4.07. The van der Waals surface area contributed by atoms with Crippen LogP contribution in [0.3, 0.4) is 0 Å². The van der Waals surface area contributed by atoms with Gasteiger partial charge in [0.1, 0.15) is 5.82 Å². The zero-order valence-corrected chi connectivity index (χ0v) is 13.0. The molecule has 0 fully saturated rings. The molecular formula is C14H25N3S. The van der Waals surface area contributed by atoms with Crippen molar-refractivity contribution in [3.63, 3.8) is 0 Å². The lowest BCUT2D eigenvalue weighted by molar-refractivity contribution is 0.707. The number of hydrogen-bond donors (Lipinski definition) is 1. The van der Waals surface area contributed by atoms with E-state index in [1.54, 1.807) is 0 Å². The smallest absolute Gasteiger partial charge is 0.138 e. The Morgan fingerprint density at radius 2 is 1.78 bits per heavy atom. The van der Waals surface area contributed by atoms with E-state index >= 15 is 0 Å². The van der Waals surface area contributed by atoms with Gasteiger partial charge in [0.15, 0.2) is 0 Å². The number of rotatable bonds is 7. The summed E-state index contributed by atoms with van der Waals surface area (Å²) in [5.74, 6) is 3.78. The Balaban J connectivity index is 2.67. The summed E-state index contributed by atoms with van der Waals surface area (Å²) >= 11 is 1.91. The van der Waals surface area contributed by atoms with Crippen molar-refractivity contribution < 1.29 is 0 Å². The Hall–Kier alpha value is -0.610. The molecule has 1 N–H and O–H groups in total. The zero-order valence-electron chi connectivity index (χ0n) is 12.2. The van der Waals surface area contributed by atoms with Gasteiger partial charge in [0.2, 0.25) is 0 Å². The van der Waals surface area contributed by atoms with Crippen LogP contribution in [0.25, 0.3) is 0 Å². The highest BCUT2D eigenvalue weighted by Gasteiger charge is 2.08. The molecule has 4 heteroatoms. The Bertz CT molecular complexity index is 354. The summed E-state index contributed by atoms with van der Waals surface area (Å²) in [5, 5.41) is 3.34. The summed E-state index contributed by atoms with van der Waals surface area (Å²) in [6, 6.07) is 0. The van der Waals surface area contributed by atoms with Gasteiger partial charge >= 0.3 is 0 Å². The number of hydrogen-bond acceptors (Lipinski definition) is 4. The van der Waals surface area contributed by atoms with E-state index in [0.717, 1.165) is 42.0 Å². The van der Waals surface area contributed by atoms with Crippen molar-refractivity contribution in [2.24, 2.45) is 5.92 Å². The van der Waals surface area contributed by atoms with Gasteiger partial charge in [-0.05, 0) is 32.1 Å². The maximum absolute atomic E-state index is 4.61. The molecular weight excluding hydrogens is 242 g/mol. The maximum Gasteiger partial charge on any atom is 0.138 e. The molecule has 0 bridgehead atoms. The first-order valence-electron chi connectivity index (χ1n) is 6.66. The molecule has 0 saturated carbocycles. The van der Waals surface area contributed by atoms with Crippen LogP contribution in [-0.2, 0) is 12.3 Å². The molecule has 18 heavy (non-hydrogen) atoms. The molecule has 102 valence electrons. The number of thioether (sulfide) groups is 1. The van der Waals surface area contributed by atoms with Crippen LogP contribution in [0.1, 0.15) is 43.5 Å². The van der Waals surface area contributed by atoms with E-state index in [2.05, 4.69) is 49.9 Å². The second kappa shape index (κ2) is 7.74. The summed E-state index contributed by atoms with van der Waals surface area (Å²) in [4.78, 5) is 9.22. The lowest BCUT2D eigenvalue weighted by Gasteiger charge is -2.11. The third-order valence-electron chi connectivity index (χ3n) is 2.70. The fourth-order valence-electron chi connectivity index (χ4n) is 1.77. The van der Waals surface area contributed by atoms with Crippen molar-refractivity contribution in [2.75, 3.05) is 12.3 Å². The summed E-state index contributed by atoms with van der Waals surface area (Å²) in [6.07, 6.45) is 0. The number of nitrogens with one attached hydrogen (secondary N) is 1. The van der Waals surface area contributed by atoms with E-state index in [4.69, 9.17) is 0 Å². The molecule has 0 atom stereocenters. The van der Waals surface area contributed by atoms with Gasteiger partial charge in [-0.25, -0.2) is 9.97 Å². The van der Waals surface area contributed by atoms with Crippen molar-refractivity contribution in [1.82, 2.24) is 15.3 Å². The standard InChI is InChI=1S/C14H25N3S/c1-6-15-7-13-11(4)16-14(17-12(13)5)9-18-8-10(2)3/h10,15H,6-9H2,1-5H3. The Labute approximate surface area is 115 Å². The molecule has 0 spiro atoms. The molecule has 0 amide bonds. The largest absolute Gasteiger partial charge is 0.313 e. The van der Waals surface area contributed by atoms with E-state index in [-0.39, 0.29) is 0 Å². The van der Waals surface area contributed by atoms with Crippen molar-refractivity contribution in [1.29, 1.82) is 0 Å². The van der Waals surface area contributed by atoms with Gasteiger partial charge in [-0.2, -0.15) is 11.8 Å². The monoisotopic (exact) mass is 267 g/mol.